The van der Waals surface area contributed by atoms with Crippen LogP contribution in [-0.2, 0) is 20.0 Å². The highest BCUT2D eigenvalue weighted by Gasteiger charge is 2.28. The van der Waals surface area contributed by atoms with Crippen molar-refractivity contribution in [1.29, 1.82) is 0 Å². The molecule has 0 radical (unpaired) electrons. The molecule has 1 fully saturated rings. The molecule has 3 heterocycles. The fourth-order valence-electron chi connectivity index (χ4n) is 3.85. The van der Waals surface area contributed by atoms with Crippen molar-refractivity contribution in [2.24, 2.45) is 5.14 Å². The van der Waals surface area contributed by atoms with Gasteiger partial charge in [0.1, 0.15) is 4.90 Å². The van der Waals surface area contributed by atoms with Crippen LogP contribution in [0.3, 0.4) is 0 Å². The van der Waals surface area contributed by atoms with E-state index in [0.717, 1.165) is 0 Å². The number of hydrogen-bond acceptors (Lipinski definition) is 8. The first-order valence-corrected chi connectivity index (χ1v) is 13.9. The smallest absolute Gasteiger partial charge is 0.251 e. The van der Waals surface area contributed by atoms with Crippen molar-refractivity contribution in [3.05, 3.63) is 42.1 Å². The zero-order valence-electron chi connectivity index (χ0n) is 18.9. The molecule has 12 nitrogen and oxygen atoms in total. The first kappa shape index (κ1) is 25.1. The van der Waals surface area contributed by atoms with Crippen molar-refractivity contribution in [2.75, 3.05) is 45.5 Å². The number of piperazine rings is 1. The second-order valence-corrected chi connectivity index (χ2v) is 12.0. The maximum atomic E-state index is 13.0. The summed E-state index contributed by atoms with van der Waals surface area (Å²) in [6, 6.07) is 7.60. The summed E-state index contributed by atoms with van der Waals surface area (Å²) >= 11 is 0. The normalized spacial score (nSPS) is 15.9. The van der Waals surface area contributed by atoms with Gasteiger partial charge in [0.05, 0.1) is 17.0 Å². The predicted molar refractivity (Wildman–Crippen MR) is 130 cm³/mol. The highest BCUT2D eigenvalue weighted by Crippen LogP contribution is 2.36. The van der Waals surface area contributed by atoms with Gasteiger partial charge in [-0.15, -0.1) is 0 Å². The second kappa shape index (κ2) is 9.54. The lowest BCUT2D eigenvalue weighted by molar-refractivity contribution is 0.0956. The molecule has 35 heavy (non-hydrogen) atoms. The SMILES string of the molecule is CN1CCN(S(=O)(=O)c2ccc(-c3c(O)[nH]c4ccc(C(=O)NCCS(N)(=O)=O)cc34)nc2)CC1. The Kier molecular flexibility index (Phi) is 6.83. The lowest BCUT2D eigenvalue weighted by atomic mass is 10.1. The molecule has 188 valence electrons. The number of aromatic amines is 1. The van der Waals surface area contributed by atoms with Crippen molar-refractivity contribution in [3.8, 4) is 17.1 Å². The van der Waals surface area contributed by atoms with Gasteiger partial charge in [0, 0.05) is 55.4 Å². The number of carbonyl (C=O) groups excluding carboxylic acids is 1. The molecule has 0 atom stereocenters. The molecule has 1 aliphatic rings. The topological polar surface area (TPSA) is 179 Å². The number of hydrogen-bond donors (Lipinski definition) is 4. The molecule has 2 aromatic heterocycles. The van der Waals surface area contributed by atoms with Crippen LogP contribution in [0.5, 0.6) is 5.88 Å². The van der Waals surface area contributed by atoms with E-state index >= 15 is 0 Å². The van der Waals surface area contributed by atoms with Gasteiger partial charge in [-0.2, -0.15) is 4.31 Å². The van der Waals surface area contributed by atoms with Crippen LogP contribution in [0.1, 0.15) is 10.4 Å². The van der Waals surface area contributed by atoms with E-state index in [4.69, 9.17) is 5.14 Å². The minimum atomic E-state index is -3.71. The van der Waals surface area contributed by atoms with Crippen LogP contribution in [0.4, 0.5) is 0 Å². The maximum Gasteiger partial charge on any atom is 0.251 e. The highest BCUT2D eigenvalue weighted by molar-refractivity contribution is 7.89. The Labute approximate surface area is 202 Å². The van der Waals surface area contributed by atoms with Gasteiger partial charge in [-0.05, 0) is 37.4 Å². The molecule has 4 rings (SSSR count). The third-order valence-corrected chi connectivity index (χ3v) is 8.46. The van der Waals surface area contributed by atoms with Crippen LogP contribution in [0.15, 0.2) is 41.4 Å². The number of rotatable bonds is 7. The molecule has 0 unspecified atom stereocenters. The summed E-state index contributed by atoms with van der Waals surface area (Å²) in [5.74, 6) is -1.09. The molecule has 1 amide bonds. The number of nitrogens with one attached hydrogen (secondary N) is 2. The van der Waals surface area contributed by atoms with Crippen LogP contribution < -0.4 is 10.5 Å². The largest absolute Gasteiger partial charge is 0.494 e. The molecule has 5 N–H and O–H groups in total. The Balaban J connectivity index is 1.60. The number of pyridine rings is 1. The average molecular weight is 523 g/mol. The number of nitrogens with zero attached hydrogens (tertiary/aromatic N) is 3. The predicted octanol–water partition coefficient (Wildman–Crippen LogP) is -0.110. The average Bonchev–Trinajstić information content (AvgIpc) is 3.13. The molecule has 0 bridgehead atoms. The van der Waals surface area contributed by atoms with Gasteiger partial charge >= 0.3 is 0 Å². The summed E-state index contributed by atoms with van der Waals surface area (Å²) in [5.41, 5.74) is 1.40. The molecule has 0 spiro atoms. The molecular formula is C21H26N6O6S2. The number of sulfonamides is 2. The molecule has 1 aliphatic heterocycles. The summed E-state index contributed by atoms with van der Waals surface area (Å²) in [5, 5.41) is 18.4. The van der Waals surface area contributed by atoms with Gasteiger partial charge in [-0.1, -0.05) is 0 Å². The number of amides is 1. The monoisotopic (exact) mass is 522 g/mol. The fraction of sp³-hybridized carbons (Fsp3) is 0.333. The van der Waals surface area contributed by atoms with Crippen LogP contribution >= 0.6 is 0 Å². The standard InChI is InChI=1S/C21H26N6O6S2/c1-26-7-9-27(10-8-26)35(32,33)15-3-5-18(24-13-15)19-16-12-14(2-4-17(16)25-21(19)29)20(28)23-6-11-34(22,30)31/h2-5,12-13,25,29H,6-11H2,1H3,(H,23,28)(H2,22,30,31). The van der Waals surface area contributed by atoms with E-state index in [1.54, 1.807) is 6.07 Å². The number of nitrogens with two attached hydrogens (primary N) is 1. The number of fused-ring (bicyclic) bond motifs is 1. The van der Waals surface area contributed by atoms with Gasteiger partial charge in [0.15, 0.2) is 5.88 Å². The zero-order valence-corrected chi connectivity index (χ0v) is 20.6. The van der Waals surface area contributed by atoms with Gasteiger partial charge in [0.2, 0.25) is 20.0 Å². The van der Waals surface area contributed by atoms with Gasteiger partial charge in [-0.25, -0.2) is 22.0 Å². The summed E-state index contributed by atoms with van der Waals surface area (Å²) in [6.07, 6.45) is 1.26. The minimum Gasteiger partial charge on any atom is -0.494 e. The third kappa shape index (κ3) is 5.46. The molecule has 0 saturated carbocycles. The fourth-order valence-corrected chi connectivity index (χ4v) is 5.60. The molecule has 0 aliphatic carbocycles. The number of aromatic nitrogens is 2. The van der Waals surface area contributed by atoms with Gasteiger partial charge in [0.25, 0.3) is 5.91 Å². The number of carbonyl (C=O) groups is 1. The summed E-state index contributed by atoms with van der Waals surface area (Å²) in [6.45, 7) is 1.93. The molecular weight excluding hydrogens is 496 g/mol. The van der Waals surface area contributed by atoms with E-state index in [2.05, 4.69) is 20.2 Å². The Bertz CT molecular complexity index is 1460. The molecule has 1 aromatic carbocycles. The summed E-state index contributed by atoms with van der Waals surface area (Å²) in [7, 11) is -5.46. The van der Waals surface area contributed by atoms with Crippen molar-refractivity contribution in [2.45, 2.75) is 4.90 Å². The van der Waals surface area contributed by atoms with E-state index in [-0.39, 0.29) is 22.9 Å². The Morgan fingerprint density at radius 1 is 1.14 bits per heavy atom. The number of H-pyrrole nitrogens is 1. The zero-order chi connectivity index (χ0) is 25.4. The van der Waals surface area contributed by atoms with Crippen molar-refractivity contribution >= 4 is 36.9 Å². The summed E-state index contributed by atoms with van der Waals surface area (Å²) < 4.78 is 49.5. The Hall–Kier alpha value is -3.04. The minimum absolute atomic E-state index is 0.0556. The van der Waals surface area contributed by atoms with Crippen LogP contribution in [0.25, 0.3) is 22.2 Å². The van der Waals surface area contributed by atoms with E-state index < -0.39 is 31.7 Å². The molecule has 3 aromatic rings. The Morgan fingerprint density at radius 2 is 1.86 bits per heavy atom. The number of benzene rings is 1. The molecule has 1 saturated heterocycles. The first-order chi connectivity index (χ1) is 16.5. The van der Waals surface area contributed by atoms with E-state index in [1.807, 2.05) is 7.05 Å². The first-order valence-electron chi connectivity index (χ1n) is 10.7. The molecule has 14 heteroatoms. The maximum absolute atomic E-state index is 13.0. The van der Waals surface area contributed by atoms with E-state index in [9.17, 15) is 26.7 Å². The van der Waals surface area contributed by atoms with Gasteiger partial charge in [-0.3, -0.25) is 9.78 Å². The van der Waals surface area contributed by atoms with Gasteiger partial charge < -0.3 is 20.3 Å². The number of likely N-dealkylation sites (N-methyl/N-ethyl adjacent to an activating group) is 1. The second-order valence-electron chi connectivity index (χ2n) is 8.32. The van der Waals surface area contributed by atoms with Crippen LogP contribution in [-0.4, -0.2) is 92.5 Å². The van der Waals surface area contributed by atoms with E-state index in [0.29, 0.717) is 48.3 Å². The van der Waals surface area contributed by atoms with Crippen LogP contribution in [0.2, 0.25) is 0 Å². The number of aromatic hydroxyl groups is 1. The quantitative estimate of drug-likeness (QED) is 0.332. The highest BCUT2D eigenvalue weighted by atomic mass is 32.2. The summed E-state index contributed by atoms with van der Waals surface area (Å²) in [4.78, 5) is 21.7. The van der Waals surface area contributed by atoms with E-state index in [1.165, 1.54) is 34.8 Å². The van der Waals surface area contributed by atoms with Crippen molar-refractivity contribution < 1.29 is 26.7 Å². The van der Waals surface area contributed by atoms with Crippen LogP contribution in [0, 0.1) is 0 Å². The number of primary sulfonamides is 1. The lowest BCUT2D eigenvalue weighted by Crippen LogP contribution is -2.47. The third-order valence-electron chi connectivity index (χ3n) is 5.81. The lowest BCUT2D eigenvalue weighted by Gasteiger charge is -2.31. The van der Waals surface area contributed by atoms with Crippen molar-refractivity contribution in [1.82, 2.24) is 24.5 Å². The Morgan fingerprint density at radius 3 is 2.49 bits per heavy atom. The van der Waals surface area contributed by atoms with Crippen molar-refractivity contribution in [3.63, 3.8) is 0 Å².